The summed E-state index contributed by atoms with van der Waals surface area (Å²) in [6.45, 7) is 0.814. The summed E-state index contributed by atoms with van der Waals surface area (Å²) in [5.74, 6) is 2.62. The predicted octanol–water partition coefficient (Wildman–Crippen LogP) is 3.17. The zero-order valence-electron chi connectivity index (χ0n) is 13.1. The van der Waals surface area contributed by atoms with Crippen LogP contribution in [-0.4, -0.2) is 23.9 Å². The summed E-state index contributed by atoms with van der Waals surface area (Å²) in [4.78, 5) is 0. The average molecular weight is 310 g/mol. The van der Waals surface area contributed by atoms with E-state index in [0.29, 0.717) is 19.6 Å². The van der Waals surface area contributed by atoms with Crippen LogP contribution < -0.4 is 0 Å². The molecule has 120 valence electrons. The fourth-order valence-corrected chi connectivity index (χ4v) is 2.18. The van der Waals surface area contributed by atoms with Gasteiger partial charge in [-0.2, -0.15) is 0 Å². The number of hydrogen-bond donors (Lipinski definition) is 1. The molecule has 23 heavy (non-hydrogen) atoms. The summed E-state index contributed by atoms with van der Waals surface area (Å²) in [7, 11) is 0. The highest BCUT2D eigenvalue weighted by atomic mass is 16.5. The van der Waals surface area contributed by atoms with Gasteiger partial charge in [0.05, 0.1) is 25.9 Å². The standard InChI is InChI=1S/C20H22O3/c1-2-19(22-15-17-9-5-3-6-10-17)13-20(14-21)23-16-18-11-7-4-8-12-18/h1,3-12,19-21H,13-16H2/t19-,20+/m1/s1. The monoisotopic (exact) mass is 310 g/mol. The molecule has 0 amide bonds. The second-order valence-electron chi connectivity index (χ2n) is 5.29. The maximum Gasteiger partial charge on any atom is 0.120 e. The van der Waals surface area contributed by atoms with Crippen LogP contribution in [0.15, 0.2) is 60.7 Å². The molecular formula is C20H22O3. The molecule has 0 aromatic heterocycles. The summed E-state index contributed by atoms with van der Waals surface area (Å²) in [6.07, 6.45) is 5.27. The Hall–Kier alpha value is -2.12. The van der Waals surface area contributed by atoms with Crippen molar-refractivity contribution in [1.82, 2.24) is 0 Å². The molecule has 0 bridgehead atoms. The molecule has 3 nitrogen and oxygen atoms in total. The lowest BCUT2D eigenvalue weighted by atomic mass is 10.1. The van der Waals surface area contributed by atoms with Gasteiger partial charge in [0.1, 0.15) is 6.10 Å². The molecule has 0 fully saturated rings. The van der Waals surface area contributed by atoms with Crippen LogP contribution in [0.3, 0.4) is 0 Å². The highest BCUT2D eigenvalue weighted by Gasteiger charge is 2.15. The molecule has 2 rings (SSSR count). The number of benzene rings is 2. The van der Waals surface area contributed by atoms with Crippen LogP contribution in [0.5, 0.6) is 0 Å². The maximum absolute atomic E-state index is 9.48. The van der Waals surface area contributed by atoms with Gasteiger partial charge in [0, 0.05) is 6.42 Å². The number of ether oxygens (including phenoxy) is 2. The van der Waals surface area contributed by atoms with Crippen LogP contribution in [0.4, 0.5) is 0 Å². The molecule has 0 spiro atoms. The van der Waals surface area contributed by atoms with Gasteiger partial charge in [0.25, 0.3) is 0 Å². The summed E-state index contributed by atoms with van der Waals surface area (Å²) < 4.78 is 11.5. The van der Waals surface area contributed by atoms with Gasteiger partial charge in [-0.25, -0.2) is 0 Å². The molecular weight excluding hydrogens is 288 g/mol. The van der Waals surface area contributed by atoms with Gasteiger partial charge >= 0.3 is 0 Å². The molecule has 0 aliphatic carbocycles. The predicted molar refractivity (Wildman–Crippen MR) is 90.6 cm³/mol. The van der Waals surface area contributed by atoms with Crippen LogP contribution in [0.1, 0.15) is 17.5 Å². The molecule has 0 aliphatic heterocycles. The third kappa shape index (κ3) is 6.25. The Morgan fingerprint density at radius 2 is 1.39 bits per heavy atom. The Morgan fingerprint density at radius 3 is 1.87 bits per heavy atom. The molecule has 0 saturated carbocycles. The molecule has 0 heterocycles. The minimum atomic E-state index is -0.386. The highest BCUT2D eigenvalue weighted by molar-refractivity contribution is 5.14. The van der Waals surface area contributed by atoms with E-state index in [1.165, 1.54) is 0 Å². The van der Waals surface area contributed by atoms with Gasteiger partial charge < -0.3 is 14.6 Å². The van der Waals surface area contributed by atoms with E-state index in [4.69, 9.17) is 15.9 Å². The molecule has 0 radical (unpaired) electrons. The lowest BCUT2D eigenvalue weighted by Gasteiger charge is -2.20. The van der Waals surface area contributed by atoms with Crippen LogP contribution in [0, 0.1) is 12.3 Å². The molecule has 0 aliphatic rings. The third-order valence-electron chi connectivity index (χ3n) is 3.49. The van der Waals surface area contributed by atoms with Crippen LogP contribution in [-0.2, 0) is 22.7 Å². The highest BCUT2D eigenvalue weighted by Crippen LogP contribution is 2.12. The summed E-state index contributed by atoms with van der Waals surface area (Å²) >= 11 is 0. The fourth-order valence-electron chi connectivity index (χ4n) is 2.18. The van der Waals surface area contributed by atoms with Gasteiger partial charge in [0.2, 0.25) is 0 Å². The second-order valence-corrected chi connectivity index (χ2v) is 5.29. The van der Waals surface area contributed by atoms with E-state index >= 15 is 0 Å². The quantitative estimate of drug-likeness (QED) is 0.723. The molecule has 0 unspecified atom stereocenters. The van der Waals surface area contributed by atoms with E-state index < -0.39 is 0 Å². The smallest absolute Gasteiger partial charge is 0.120 e. The van der Waals surface area contributed by atoms with Crippen LogP contribution in [0.2, 0.25) is 0 Å². The van der Waals surface area contributed by atoms with Crippen molar-refractivity contribution in [2.45, 2.75) is 31.8 Å². The number of rotatable bonds is 9. The van der Waals surface area contributed by atoms with Gasteiger partial charge in [-0.3, -0.25) is 0 Å². The molecule has 1 N–H and O–H groups in total. The summed E-state index contributed by atoms with van der Waals surface area (Å²) in [6, 6.07) is 19.7. The first-order chi connectivity index (χ1) is 11.3. The average Bonchev–Trinajstić information content (AvgIpc) is 2.63. The normalized spacial score (nSPS) is 13.2. The van der Waals surface area contributed by atoms with Crippen molar-refractivity contribution in [2.24, 2.45) is 0 Å². The van der Waals surface area contributed by atoms with E-state index in [1.54, 1.807) is 0 Å². The van der Waals surface area contributed by atoms with E-state index in [2.05, 4.69) is 5.92 Å². The van der Waals surface area contributed by atoms with Crippen LogP contribution >= 0.6 is 0 Å². The first-order valence-electron chi connectivity index (χ1n) is 7.70. The van der Waals surface area contributed by atoms with Crippen LogP contribution in [0.25, 0.3) is 0 Å². The van der Waals surface area contributed by atoms with Crippen molar-refractivity contribution in [3.8, 4) is 12.3 Å². The largest absolute Gasteiger partial charge is 0.394 e. The molecule has 2 atom stereocenters. The van der Waals surface area contributed by atoms with Crippen molar-refractivity contribution < 1.29 is 14.6 Å². The first kappa shape index (κ1) is 17.2. The van der Waals surface area contributed by atoms with Gasteiger partial charge in [0.15, 0.2) is 0 Å². The van der Waals surface area contributed by atoms with Crippen molar-refractivity contribution in [3.05, 3.63) is 71.8 Å². The van der Waals surface area contributed by atoms with E-state index in [9.17, 15) is 5.11 Å². The van der Waals surface area contributed by atoms with Gasteiger partial charge in [-0.15, -0.1) is 6.42 Å². The SMILES string of the molecule is C#C[C@H](C[C@@H](CO)OCc1ccccc1)OCc1ccccc1. The number of terminal acetylenes is 1. The Labute approximate surface area is 137 Å². The molecule has 0 saturated heterocycles. The Kier molecular flexibility index (Phi) is 7.35. The van der Waals surface area contributed by atoms with E-state index in [1.807, 2.05) is 60.7 Å². The Morgan fingerprint density at radius 1 is 0.870 bits per heavy atom. The van der Waals surface area contributed by atoms with E-state index in [-0.39, 0.29) is 18.8 Å². The number of hydrogen-bond acceptors (Lipinski definition) is 3. The zero-order chi connectivity index (χ0) is 16.3. The number of aliphatic hydroxyl groups excluding tert-OH is 1. The van der Waals surface area contributed by atoms with E-state index in [0.717, 1.165) is 11.1 Å². The zero-order valence-corrected chi connectivity index (χ0v) is 13.1. The number of aliphatic hydroxyl groups is 1. The minimum absolute atomic E-state index is 0.0836. The molecule has 2 aromatic carbocycles. The lowest BCUT2D eigenvalue weighted by molar-refractivity contribution is -0.0341. The van der Waals surface area contributed by atoms with Gasteiger partial charge in [-0.1, -0.05) is 66.6 Å². The fraction of sp³-hybridized carbons (Fsp3) is 0.300. The maximum atomic E-state index is 9.48. The summed E-state index contributed by atoms with van der Waals surface area (Å²) in [5, 5.41) is 9.48. The Bertz CT molecular complexity index is 589. The molecule has 2 aromatic rings. The van der Waals surface area contributed by atoms with Crippen molar-refractivity contribution in [2.75, 3.05) is 6.61 Å². The first-order valence-corrected chi connectivity index (χ1v) is 7.70. The molecule has 3 heteroatoms. The summed E-state index contributed by atoms with van der Waals surface area (Å²) in [5.41, 5.74) is 2.13. The lowest BCUT2D eigenvalue weighted by Crippen LogP contribution is -2.25. The van der Waals surface area contributed by atoms with Crippen molar-refractivity contribution in [1.29, 1.82) is 0 Å². The second kappa shape index (κ2) is 9.81. The topological polar surface area (TPSA) is 38.7 Å². The van der Waals surface area contributed by atoms with Crippen molar-refractivity contribution >= 4 is 0 Å². The third-order valence-corrected chi connectivity index (χ3v) is 3.49. The Balaban J connectivity index is 1.80. The minimum Gasteiger partial charge on any atom is -0.394 e. The van der Waals surface area contributed by atoms with Gasteiger partial charge in [-0.05, 0) is 11.1 Å². The van der Waals surface area contributed by atoms with Crippen molar-refractivity contribution in [3.63, 3.8) is 0 Å².